The number of likely N-dealkylation sites (N-methyl/N-ethyl adjacent to an activating group) is 1. The molecule has 11 heteroatoms. The Morgan fingerprint density at radius 1 is 1.03 bits per heavy atom. The summed E-state index contributed by atoms with van der Waals surface area (Å²) in [5.41, 5.74) is 1.83. The predicted octanol–water partition coefficient (Wildman–Crippen LogP) is 2.17. The number of anilines is 2. The lowest BCUT2D eigenvalue weighted by atomic mass is 9.95. The van der Waals surface area contributed by atoms with Crippen molar-refractivity contribution in [3.05, 3.63) is 79.0 Å². The molecule has 0 unspecified atom stereocenters. The van der Waals surface area contributed by atoms with E-state index in [4.69, 9.17) is 0 Å². The SMILES string of the molecule is CN1CC[C@@](O)(c2cnn(-c3cccc(-c4ccnc(Nc5cnn6ccccc56)n4)n3)c2)C1=O. The van der Waals surface area contributed by atoms with Crippen LogP contribution in [0.4, 0.5) is 11.6 Å². The van der Waals surface area contributed by atoms with Gasteiger partial charge in [0, 0.05) is 44.2 Å². The van der Waals surface area contributed by atoms with Gasteiger partial charge in [0.15, 0.2) is 11.4 Å². The maximum absolute atomic E-state index is 12.4. The van der Waals surface area contributed by atoms with Gasteiger partial charge < -0.3 is 15.3 Å². The van der Waals surface area contributed by atoms with E-state index in [9.17, 15) is 9.90 Å². The van der Waals surface area contributed by atoms with Crippen LogP contribution in [0, 0.1) is 0 Å². The van der Waals surface area contributed by atoms with E-state index in [1.807, 2.05) is 36.5 Å². The molecule has 35 heavy (non-hydrogen) atoms. The zero-order valence-corrected chi connectivity index (χ0v) is 18.8. The number of nitrogens with one attached hydrogen (secondary N) is 1. The van der Waals surface area contributed by atoms with Gasteiger partial charge in [-0.1, -0.05) is 12.1 Å². The summed E-state index contributed by atoms with van der Waals surface area (Å²) in [4.78, 5) is 27.6. The van der Waals surface area contributed by atoms with Crippen molar-refractivity contribution in [2.75, 3.05) is 18.9 Å². The number of hydrogen-bond donors (Lipinski definition) is 2. The lowest BCUT2D eigenvalue weighted by Crippen LogP contribution is -2.35. The number of hydrogen-bond acceptors (Lipinski definition) is 8. The van der Waals surface area contributed by atoms with Crippen molar-refractivity contribution in [3.8, 4) is 17.2 Å². The lowest BCUT2D eigenvalue weighted by Gasteiger charge is -2.18. The average Bonchev–Trinajstić information content (AvgIpc) is 3.61. The standard InChI is InChI=1S/C24H21N9O2/c1-31-12-9-24(35,22(31)34)16-13-26-33(15-16)21-7-4-5-17(28-21)18-8-10-25-23(29-18)30-19-14-27-32-11-3-2-6-20(19)32/h2-8,10-11,13-15,35H,9,12H2,1H3,(H,25,29,30)/t24-/m1/s1. The number of amides is 1. The Morgan fingerprint density at radius 2 is 1.91 bits per heavy atom. The molecule has 0 aromatic carbocycles. The Labute approximate surface area is 199 Å². The second kappa shape index (κ2) is 7.99. The molecule has 5 aromatic rings. The molecule has 0 spiro atoms. The number of carbonyl (C=O) groups is 1. The summed E-state index contributed by atoms with van der Waals surface area (Å²) in [7, 11) is 1.68. The van der Waals surface area contributed by atoms with Gasteiger partial charge in [-0.05, 0) is 30.3 Å². The van der Waals surface area contributed by atoms with E-state index in [0.717, 1.165) is 11.2 Å². The highest BCUT2D eigenvalue weighted by molar-refractivity contribution is 5.88. The van der Waals surface area contributed by atoms with E-state index in [2.05, 4.69) is 30.5 Å². The van der Waals surface area contributed by atoms with Gasteiger partial charge in [-0.2, -0.15) is 10.2 Å². The Hall–Kier alpha value is -4.64. The number of carbonyl (C=O) groups excluding carboxylic acids is 1. The number of aromatic nitrogens is 7. The zero-order chi connectivity index (χ0) is 24.0. The van der Waals surface area contributed by atoms with Crippen LogP contribution in [0.25, 0.3) is 22.7 Å². The van der Waals surface area contributed by atoms with Gasteiger partial charge >= 0.3 is 0 Å². The number of pyridine rings is 2. The van der Waals surface area contributed by atoms with Gasteiger partial charge in [-0.3, -0.25) is 4.79 Å². The molecular formula is C24H21N9O2. The van der Waals surface area contributed by atoms with E-state index >= 15 is 0 Å². The summed E-state index contributed by atoms with van der Waals surface area (Å²) in [6.45, 7) is 0.494. The minimum absolute atomic E-state index is 0.324. The third-order valence-electron chi connectivity index (χ3n) is 6.13. The predicted molar refractivity (Wildman–Crippen MR) is 127 cm³/mol. The Balaban J connectivity index is 1.28. The molecule has 1 aliphatic rings. The monoisotopic (exact) mass is 467 g/mol. The Kier molecular flexibility index (Phi) is 4.78. The first kappa shape index (κ1) is 20.9. The van der Waals surface area contributed by atoms with Crippen LogP contribution < -0.4 is 5.32 Å². The summed E-state index contributed by atoms with van der Waals surface area (Å²) in [5.74, 6) is 0.624. The summed E-state index contributed by atoms with van der Waals surface area (Å²) >= 11 is 0. The maximum atomic E-state index is 12.4. The highest BCUT2D eigenvalue weighted by Gasteiger charge is 2.46. The molecule has 174 valence electrons. The van der Waals surface area contributed by atoms with Crippen LogP contribution >= 0.6 is 0 Å². The van der Waals surface area contributed by atoms with Crippen LogP contribution in [0.15, 0.2) is 73.4 Å². The van der Waals surface area contributed by atoms with Crippen LogP contribution in [0.3, 0.4) is 0 Å². The topological polar surface area (TPSA) is 126 Å². The van der Waals surface area contributed by atoms with Crippen molar-refractivity contribution >= 4 is 23.1 Å². The van der Waals surface area contributed by atoms with Gasteiger partial charge in [0.05, 0.1) is 35.0 Å². The van der Waals surface area contributed by atoms with E-state index in [1.54, 1.807) is 47.0 Å². The average molecular weight is 467 g/mol. The minimum Gasteiger partial charge on any atom is -0.375 e. The smallest absolute Gasteiger partial charge is 0.259 e. The first-order chi connectivity index (χ1) is 17.0. The van der Waals surface area contributed by atoms with Crippen LogP contribution in [0.1, 0.15) is 12.0 Å². The van der Waals surface area contributed by atoms with Crippen molar-refractivity contribution in [3.63, 3.8) is 0 Å². The van der Waals surface area contributed by atoms with Crippen molar-refractivity contribution in [2.45, 2.75) is 12.0 Å². The molecule has 1 atom stereocenters. The molecule has 11 nitrogen and oxygen atoms in total. The number of fused-ring (bicyclic) bond motifs is 1. The van der Waals surface area contributed by atoms with E-state index in [1.165, 1.54) is 11.1 Å². The zero-order valence-electron chi connectivity index (χ0n) is 18.8. The summed E-state index contributed by atoms with van der Waals surface area (Å²) in [6, 6.07) is 13.1. The Morgan fingerprint density at radius 3 is 2.77 bits per heavy atom. The molecular weight excluding hydrogens is 446 g/mol. The van der Waals surface area contributed by atoms with Crippen molar-refractivity contribution < 1.29 is 9.90 Å². The van der Waals surface area contributed by atoms with E-state index < -0.39 is 5.60 Å². The van der Waals surface area contributed by atoms with Gasteiger partial charge in [-0.25, -0.2) is 24.1 Å². The summed E-state index contributed by atoms with van der Waals surface area (Å²) < 4.78 is 3.31. The largest absolute Gasteiger partial charge is 0.375 e. The summed E-state index contributed by atoms with van der Waals surface area (Å²) in [5, 5.41) is 22.8. The van der Waals surface area contributed by atoms with Crippen LogP contribution in [0.5, 0.6) is 0 Å². The van der Waals surface area contributed by atoms with Crippen LogP contribution in [-0.4, -0.2) is 63.9 Å². The van der Waals surface area contributed by atoms with E-state index in [0.29, 0.717) is 41.7 Å². The lowest BCUT2D eigenvalue weighted by molar-refractivity contribution is -0.143. The number of rotatable bonds is 5. The van der Waals surface area contributed by atoms with Crippen LogP contribution in [0.2, 0.25) is 0 Å². The first-order valence-electron chi connectivity index (χ1n) is 11.0. The normalized spacial score (nSPS) is 17.9. The van der Waals surface area contributed by atoms with Gasteiger partial charge in [0.25, 0.3) is 5.91 Å². The molecule has 1 saturated heterocycles. The van der Waals surface area contributed by atoms with Crippen molar-refractivity contribution in [1.82, 2.24) is 39.2 Å². The maximum Gasteiger partial charge on any atom is 0.259 e. The summed E-state index contributed by atoms with van der Waals surface area (Å²) in [6.07, 6.45) is 8.72. The molecule has 0 radical (unpaired) electrons. The van der Waals surface area contributed by atoms with Crippen molar-refractivity contribution in [2.24, 2.45) is 0 Å². The molecule has 0 bridgehead atoms. The Bertz CT molecular complexity index is 1560. The van der Waals surface area contributed by atoms with Gasteiger partial charge in [0.2, 0.25) is 5.95 Å². The third-order valence-corrected chi connectivity index (χ3v) is 6.13. The van der Waals surface area contributed by atoms with Crippen LogP contribution in [-0.2, 0) is 10.4 Å². The molecule has 1 aliphatic heterocycles. The second-order valence-electron chi connectivity index (χ2n) is 8.37. The van der Waals surface area contributed by atoms with Crippen molar-refractivity contribution in [1.29, 1.82) is 0 Å². The fourth-order valence-electron chi connectivity index (χ4n) is 4.19. The quantitative estimate of drug-likeness (QED) is 0.403. The molecule has 5 aromatic heterocycles. The molecule has 1 amide bonds. The minimum atomic E-state index is -1.56. The van der Waals surface area contributed by atoms with Gasteiger partial charge in [0.1, 0.15) is 0 Å². The molecule has 1 fully saturated rings. The number of aliphatic hydroxyl groups is 1. The molecule has 2 N–H and O–H groups in total. The highest BCUT2D eigenvalue weighted by atomic mass is 16.3. The van der Waals surface area contributed by atoms with Gasteiger partial charge in [-0.15, -0.1) is 0 Å². The third kappa shape index (κ3) is 3.58. The fourth-order valence-corrected chi connectivity index (χ4v) is 4.19. The highest BCUT2D eigenvalue weighted by Crippen LogP contribution is 2.32. The second-order valence-corrected chi connectivity index (χ2v) is 8.37. The first-order valence-corrected chi connectivity index (χ1v) is 11.0. The fraction of sp³-hybridized carbons (Fsp3) is 0.167. The number of likely N-dealkylation sites (tertiary alicyclic amines) is 1. The van der Waals surface area contributed by atoms with E-state index in [-0.39, 0.29) is 5.91 Å². The molecule has 6 rings (SSSR count). The molecule has 0 saturated carbocycles. The number of nitrogens with zero attached hydrogens (tertiary/aromatic N) is 8. The molecule has 6 heterocycles. The molecule has 0 aliphatic carbocycles.